The van der Waals surface area contributed by atoms with Gasteiger partial charge in [0.15, 0.2) is 0 Å². The monoisotopic (exact) mass is 396 g/mol. The van der Waals surface area contributed by atoms with Crippen molar-refractivity contribution in [1.82, 2.24) is 0 Å². The summed E-state index contributed by atoms with van der Waals surface area (Å²) in [6.45, 7) is 3.96. The maximum absolute atomic E-state index is 11.3. The Balaban J connectivity index is 3.55. The van der Waals surface area contributed by atoms with Crippen LogP contribution in [-0.4, -0.2) is 22.2 Å². The Hall–Kier alpha value is -1.32. The lowest BCUT2D eigenvalue weighted by Crippen LogP contribution is -2.11. The van der Waals surface area contributed by atoms with Gasteiger partial charge in [0.25, 0.3) is 0 Å². The van der Waals surface area contributed by atoms with Crippen LogP contribution in [0, 0.1) is 0 Å². The Morgan fingerprint density at radius 3 is 1.11 bits per heavy atom. The maximum Gasteiger partial charge on any atom is 0.332 e. The molecule has 0 heterocycles. The van der Waals surface area contributed by atoms with Crippen molar-refractivity contribution in [2.75, 3.05) is 0 Å². The summed E-state index contributed by atoms with van der Waals surface area (Å²) in [5, 5.41) is 18.3. The molecule has 2 N–H and O–H groups in total. The van der Waals surface area contributed by atoms with Gasteiger partial charge in [-0.2, -0.15) is 0 Å². The minimum atomic E-state index is -1.10. The van der Waals surface area contributed by atoms with Crippen molar-refractivity contribution in [3.05, 3.63) is 11.1 Å². The zero-order valence-corrected chi connectivity index (χ0v) is 18.4. The third-order valence-corrected chi connectivity index (χ3v) is 5.51. The van der Waals surface area contributed by atoms with Crippen molar-refractivity contribution in [3.8, 4) is 0 Å². The second kappa shape index (κ2) is 19.0. The third kappa shape index (κ3) is 14.7. The fourth-order valence-electron chi connectivity index (χ4n) is 3.73. The summed E-state index contributed by atoms with van der Waals surface area (Å²) < 4.78 is 0. The number of hydrogen-bond donors (Lipinski definition) is 2. The van der Waals surface area contributed by atoms with Gasteiger partial charge in [-0.25, -0.2) is 9.59 Å². The molecule has 0 amide bonds. The Labute approximate surface area is 172 Å². The molecule has 0 aliphatic heterocycles. The van der Waals surface area contributed by atoms with E-state index in [1.807, 2.05) is 0 Å². The molecule has 0 aromatic carbocycles. The van der Waals surface area contributed by atoms with E-state index >= 15 is 0 Å². The van der Waals surface area contributed by atoms with Crippen molar-refractivity contribution in [1.29, 1.82) is 0 Å². The molecule has 0 saturated heterocycles. The van der Waals surface area contributed by atoms with E-state index in [1.54, 1.807) is 6.92 Å². The first-order valence-corrected chi connectivity index (χ1v) is 11.7. The van der Waals surface area contributed by atoms with E-state index in [0.29, 0.717) is 6.42 Å². The molecule has 0 fully saturated rings. The van der Waals surface area contributed by atoms with Gasteiger partial charge < -0.3 is 10.2 Å². The molecule has 0 bridgehead atoms. The van der Waals surface area contributed by atoms with Gasteiger partial charge in [-0.15, -0.1) is 0 Å². The third-order valence-electron chi connectivity index (χ3n) is 5.51. The highest BCUT2D eigenvalue weighted by Gasteiger charge is 2.17. The minimum absolute atomic E-state index is 0.0495. The van der Waals surface area contributed by atoms with Crippen LogP contribution in [0.15, 0.2) is 11.1 Å². The van der Waals surface area contributed by atoms with Crippen LogP contribution in [0.2, 0.25) is 0 Å². The minimum Gasteiger partial charge on any atom is -0.478 e. The van der Waals surface area contributed by atoms with Crippen LogP contribution >= 0.6 is 0 Å². The number of aliphatic carboxylic acids is 2. The van der Waals surface area contributed by atoms with Gasteiger partial charge in [0.2, 0.25) is 0 Å². The topological polar surface area (TPSA) is 74.6 Å². The highest BCUT2D eigenvalue weighted by atomic mass is 16.4. The van der Waals surface area contributed by atoms with E-state index in [1.165, 1.54) is 83.5 Å². The Bertz CT molecular complexity index is 440. The lowest BCUT2D eigenvalue weighted by atomic mass is 9.99. The summed E-state index contributed by atoms with van der Waals surface area (Å²) >= 11 is 0. The van der Waals surface area contributed by atoms with Crippen LogP contribution < -0.4 is 0 Å². The molecular formula is C24H44O4. The van der Waals surface area contributed by atoms with Gasteiger partial charge in [0, 0.05) is 11.1 Å². The van der Waals surface area contributed by atoms with Crippen molar-refractivity contribution >= 4 is 11.9 Å². The lowest BCUT2D eigenvalue weighted by Gasteiger charge is -2.07. The Morgan fingerprint density at radius 1 is 0.500 bits per heavy atom. The zero-order valence-electron chi connectivity index (χ0n) is 18.4. The molecular weight excluding hydrogens is 352 g/mol. The lowest BCUT2D eigenvalue weighted by molar-refractivity contribution is -0.136. The summed E-state index contributed by atoms with van der Waals surface area (Å²) in [5.74, 6) is -2.18. The molecule has 0 aliphatic carbocycles. The standard InChI is InChI=1S/C24H44O4/c1-3-5-6-7-8-9-10-11-12-13-14-15-16-17-18-19-20-22(24(27)28)21(4-2)23(25)26/h3-20H2,1-2H3,(H,25,26)(H,27,28). The predicted molar refractivity (Wildman–Crippen MR) is 117 cm³/mol. The highest BCUT2D eigenvalue weighted by Crippen LogP contribution is 2.19. The normalized spacial score (nSPS) is 12.1. The second-order valence-electron chi connectivity index (χ2n) is 7.97. The molecule has 0 rings (SSSR count). The van der Waals surface area contributed by atoms with Gasteiger partial charge >= 0.3 is 11.9 Å². The van der Waals surface area contributed by atoms with E-state index < -0.39 is 11.9 Å². The predicted octanol–water partition coefficient (Wildman–Crippen LogP) is 7.51. The molecule has 0 saturated carbocycles. The molecule has 0 aliphatic rings. The van der Waals surface area contributed by atoms with Crippen molar-refractivity contribution in [3.63, 3.8) is 0 Å². The number of hydrogen-bond acceptors (Lipinski definition) is 2. The summed E-state index contributed by atoms with van der Waals surface area (Å²) in [5.41, 5.74) is 0.133. The van der Waals surface area contributed by atoms with E-state index in [4.69, 9.17) is 5.11 Å². The smallest absolute Gasteiger partial charge is 0.332 e. The average molecular weight is 397 g/mol. The second-order valence-corrected chi connectivity index (χ2v) is 7.97. The van der Waals surface area contributed by atoms with E-state index in [0.717, 1.165) is 19.3 Å². The van der Waals surface area contributed by atoms with Crippen molar-refractivity contribution < 1.29 is 19.8 Å². The Kier molecular flexibility index (Phi) is 18.1. The first-order chi connectivity index (χ1) is 13.5. The first-order valence-electron chi connectivity index (χ1n) is 11.7. The first kappa shape index (κ1) is 26.7. The molecule has 0 aromatic heterocycles. The van der Waals surface area contributed by atoms with Crippen LogP contribution in [0.5, 0.6) is 0 Å². The molecule has 28 heavy (non-hydrogen) atoms. The molecule has 4 heteroatoms. The van der Waals surface area contributed by atoms with Gasteiger partial charge in [-0.3, -0.25) is 0 Å². The summed E-state index contributed by atoms with van der Waals surface area (Å²) in [6, 6.07) is 0. The van der Waals surface area contributed by atoms with Crippen LogP contribution in [-0.2, 0) is 9.59 Å². The van der Waals surface area contributed by atoms with E-state index in [-0.39, 0.29) is 17.6 Å². The summed E-state index contributed by atoms with van der Waals surface area (Å²) in [7, 11) is 0. The molecule has 0 atom stereocenters. The number of unbranched alkanes of at least 4 members (excludes halogenated alkanes) is 15. The summed E-state index contributed by atoms with van der Waals surface area (Å²) in [4.78, 5) is 22.4. The van der Waals surface area contributed by atoms with Gasteiger partial charge in [0.1, 0.15) is 0 Å². The quantitative estimate of drug-likeness (QED) is 0.165. The fraction of sp³-hybridized carbons (Fsp3) is 0.833. The highest BCUT2D eigenvalue weighted by molar-refractivity contribution is 5.98. The fourth-order valence-corrected chi connectivity index (χ4v) is 3.73. The van der Waals surface area contributed by atoms with Gasteiger partial charge in [-0.1, -0.05) is 110 Å². The SMILES string of the molecule is CCCCCCCCCCCCCCCCCCC(C(=O)O)=C(CC)C(=O)O. The van der Waals surface area contributed by atoms with E-state index in [2.05, 4.69) is 6.92 Å². The number of carboxylic acid groups (broad SMARTS) is 2. The summed E-state index contributed by atoms with van der Waals surface area (Å²) in [6.07, 6.45) is 21.0. The number of carbonyl (C=O) groups is 2. The van der Waals surface area contributed by atoms with Gasteiger partial charge in [0.05, 0.1) is 0 Å². The molecule has 0 spiro atoms. The van der Waals surface area contributed by atoms with Crippen LogP contribution in [0.3, 0.4) is 0 Å². The number of rotatable bonds is 20. The van der Waals surface area contributed by atoms with Crippen LogP contribution in [0.25, 0.3) is 0 Å². The van der Waals surface area contributed by atoms with Crippen LogP contribution in [0.1, 0.15) is 129 Å². The molecule has 164 valence electrons. The maximum atomic E-state index is 11.3. The Morgan fingerprint density at radius 2 is 0.821 bits per heavy atom. The average Bonchev–Trinajstić information content (AvgIpc) is 2.66. The molecule has 0 aromatic rings. The molecule has 4 nitrogen and oxygen atoms in total. The zero-order chi connectivity index (χ0) is 21.0. The van der Waals surface area contributed by atoms with Crippen molar-refractivity contribution in [2.24, 2.45) is 0 Å². The van der Waals surface area contributed by atoms with E-state index in [9.17, 15) is 14.7 Å². The largest absolute Gasteiger partial charge is 0.478 e. The molecule has 0 unspecified atom stereocenters. The molecule has 0 radical (unpaired) electrons. The van der Waals surface area contributed by atoms with Gasteiger partial charge in [-0.05, 0) is 19.3 Å². The van der Waals surface area contributed by atoms with Crippen LogP contribution in [0.4, 0.5) is 0 Å². The van der Waals surface area contributed by atoms with Crippen molar-refractivity contribution in [2.45, 2.75) is 129 Å². The number of carboxylic acids is 2.